The van der Waals surface area contributed by atoms with Crippen molar-refractivity contribution in [3.8, 4) is 11.5 Å². The molecule has 2 aromatic carbocycles. The lowest BCUT2D eigenvalue weighted by Crippen LogP contribution is -2.47. The first-order valence-electron chi connectivity index (χ1n) is 9.70. The summed E-state index contributed by atoms with van der Waals surface area (Å²) in [7, 11) is -3.80. The molecule has 166 valence electrons. The highest BCUT2D eigenvalue weighted by atomic mass is 32.2. The molecule has 1 aliphatic heterocycles. The smallest absolute Gasteiger partial charge is 0.240 e. The number of hydrogen-bond acceptors (Lipinski definition) is 6. The molecular weight excluding hydrogens is 440 g/mol. The predicted octanol–water partition coefficient (Wildman–Crippen LogP) is 1.21. The average Bonchev–Trinajstić information content (AvgIpc) is 3.02. The summed E-state index contributed by atoms with van der Waals surface area (Å²) in [6.07, 6.45) is 0.654. The molecule has 11 heteroatoms. The van der Waals surface area contributed by atoms with Gasteiger partial charge in [0.05, 0.1) is 18.1 Å². The number of sulfonamides is 1. The molecule has 0 saturated heterocycles. The Hall–Kier alpha value is -2.89. The Morgan fingerprint density at radius 2 is 1.74 bits per heavy atom. The van der Waals surface area contributed by atoms with Gasteiger partial charge in [-0.3, -0.25) is 15.6 Å². The number of hydrogen-bond donors (Lipinski definition) is 4. The van der Waals surface area contributed by atoms with Crippen LogP contribution in [-0.2, 0) is 21.4 Å². The van der Waals surface area contributed by atoms with Crippen molar-refractivity contribution in [3.63, 3.8) is 0 Å². The van der Waals surface area contributed by atoms with Gasteiger partial charge in [-0.15, -0.1) is 0 Å². The van der Waals surface area contributed by atoms with Gasteiger partial charge in [-0.25, -0.2) is 13.1 Å². The van der Waals surface area contributed by atoms with Crippen molar-refractivity contribution in [2.24, 2.45) is 0 Å². The van der Waals surface area contributed by atoms with Crippen molar-refractivity contribution in [2.75, 3.05) is 19.8 Å². The molecule has 9 nitrogen and oxygen atoms in total. The van der Waals surface area contributed by atoms with E-state index < -0.39 is 15.9 Å². The minimum atomic E-state index is -3.80. The standard InChI is InChI=1S/C20H24N4O5S2/c25-19(23-24-20(30)21-14-15-5-2-1-3-6-15)9-10-22-31(26,27)16-7-8-17-18(13-16)29-12-4-11-28-17/h1-3,5-8,13,22H,4,9-12,14H2,(H,23,25)(H2,21,24,30). The number of carbonyl (C=O) groups is 1. The van der Waals surface area contributed by atoms with Crippen LogP contribution < -0.4 is 30.4 Å². The van der Waals surface area contributed by atoms with Gasteiger partial charge in [0.1, 0.15) is 0 Å². The maximum absolute atomic E-state index is 12.5. The van der Waals surface area contributed by atoms with Crippen LogP contribution in [-0.4, -0.2) is 39.2 Å². The molecule has 4 N–H and O–H groups in total. The Balaban J connectivity index is 1.40. The lowest BCUT2D eigenvalue weighted by Gasteiger charge is -2.12. The summed E-state index contributed by atoms with van der Waals surface area (Å²) >= 11 is 5.10. The molecule has 0 aliphatic carbocycles. The van der Waals surface area contributed by atoms with Crippen LogP contribution in [0.3, 0.4) is 0 Å². The maximum atomic E-state index is 12.5. The summed E-state index contributed by atoms with van der Waals surface area (Å²) in [6, 6.07) is 14.1. The molecule has 1 amide bonds. The van der Waals surface area contributed by atoms with Crippen LogP contribution in [0.4, 0.5) is 0 Å². The first-order valence-corrected chi connectivity index (χ1v) is 11.6. The Morgan fingerprint density at radius 1 is 1.00 bits per heavy atom. The third-order valence-electron chi connectivity index (χ3n) is 4.28. The minimum absolute atomic E-state index is 0.0431. The first kappa shape index (κ1) is 22.8. The first-order chi connectivity index (χ1) is 14.9. The summed E-state index contributed by atoms with van der Waals surface area (Å²) in [6.45, 7) is 1.41. The largest absolute Gasteiger partial charge is 0.490 e. The van der Waals surface area contributed by atoms with Crippen molar-refractivity contribution in [1.29, 1.82) is 0 Å². The highest BCUT2D eigenvalue weighted by Crippen LogP contribution is 2.31. The maximum Gasteiger partial charge on any atom is 0.240 e. The molecule has 0 radical (unpaired) electrons. The van der Waals surface area contributed by atoms with Crippen LogP contribution in [0.25, 0.3) is 0 Å². The fourth-order valence-corrected chi connectivity index (χ4v) is 3.87. The molecule has 0 bridgehead atoms. The van der Waals surface area contributed by atoms with Gasteiger partial charge in [-0.2, -0.15) is 0 Å². The zero-order valence-corrected chi connectivity index (χ0v) is 18.4. The number of thiocarbonyl (C=S) groups is 1. The summed E-state index contributed by atoms with van der Waals surface area (Å²) < 4.78 is 38.4. The van der Waals surface area contributed by atoms with E-state index >= 15 is 0 Å². The van der Waals surface area contributed by atoms with Gasteiger partial charge in [0.25, 0.3) is 0 Å². The van der Waals surface area contributed by atoms with Crippen LogP contribution in [0.15, 0.2) is 53.4 Å². The predicted molar refractivity (Wildman–Crippen MR) is 119 cm³/mol. The number of nitrogens with one attached hydrogen (secondary N) is 4. The van der Waals surface area contributed by atoms with E-state index in [0.29, 0.717) is 31.3 Å². The second-order valence-electron chi connectivity index (χ2n) is 6.65. The molecule has 3 rings (SSSR count). The molecule has 1 heterocycles. The van der Waals surface area contributed by atoms with Gasteiger partial charge in [-0.05, 0) is 29.9 Å². The highest BCUT2D eigenvalue weighted by molar-refractivity contribution is 7.89. The van der Waals surface area contributed by atoms with Crippen LogP contribution in [0, 0.1) is 0 Å². The van der Waals surface area contributed by atoms with Gasteiger partial charge in [0.15, 0.2) is 16.6 Å². The Kier molecular flexibility index (Phi) is 8.04. The number of benzene rings is 2. The summed E-state index contributed by atoms with van der Waals surface area (Å²) in [5.74, 6) is 0.489. The molecule has 2 aromatic rings. The second-order valence-corrected chi connectivity index (χ2v) is 8.82. The van der Waals surface area contributed by atoms with E-state index in [4.69, 9.17) is 21.7 Å². The monoisotopic (exact) mass is 464 g/mol. The van der Waals surface area contributed by atoms with Crippen molar-refractivity contribution in [3.05, 3.63) is 54.1 Å². The Labute approximate surface area is 186 Å². The Morgan fingerprint density at radius 3 is 2.52 bits per heavy atom. The molecule has 0 fully saturated rings. The SMILES string of the molecule is O=C(CCNS(=O)(=O)c1ccc2c(c1)OCCCO2)NNC(=S)NCc1ccccc1. The van der Waals surface area contributed by atoms with Gasteiger partial charge in [-0.1, -0.05) is 30.3 Å². The minimum Gasteiger partial charge on any atom is -0.490 e. The lowest BCUT2D eigenvalue weighted by molar-refractivity contribution is -0.121. The van der Waals surface area contributed by atoms with E-state index in [0.717, 1.165) is 12.0 Å². The fraction of sp³-hybridized carbons (Fsp3) is 0.300. The Bertz CT molecular complexity index is 1020. The lowest BCUT2D eigenvalue weighted by atomic mass is 10.2. The number of hydrazine groups is 1. The van der Waals surface area contributed by atoms with Crippen molar-refractivity contribution in [1.82, 2.24) is 20.9 Å². The number of rotatable bonds is 7. The van der Waals surface area contributed by atoms with Crippen molar-refractivity contribution >= 4 is 33.3 Å². The van der Waals surface area contributed by atoms with Crippen molar-refractivity contribution in [2.45, 2.75) is 24.3 Å². The highest BCUT2D eigenvalue weighted by Gasteiger charge is 2.19. The third kappa shape index (κ3) is 7.09. The van der Waals surface area contributed by atoms with Crippen LogP contribution in [0.5, 0.6) is 11.5 Å². The van der Waals surface area contributed by atoms with Crippen LogP contribution >= 0.6 is 12.2 Å². The topological polar surface area (TPSA) is 118 Å². The zero-order chi connectivity index (χ0) is 22.1. The van der Waals surface area contributed by atoms with Gasteiger partial charge < -0.3 is 14.8 Å². The van der Waals surface area contributed by atoms with E-state index in [-0.39, 0.29) is 23.0 Å². The molecule has 31 heavy (non-hydrogen) atoms. The van der Waals surface area contributed by atoms with Crippen molar-refractivity contribution < 1.29 is 22.7 Å². The van der Waals surface area contributed by atoms with E-state index in [2.05, 4.69) is 20.9 Å². The second kappa shape index (κ2) is 10.9. The number of ether oxygens (including phenoxy) is 2. The van der Waals surface area contributed by atoms with E-state index in [1.54, 1.807) is 6.07 Å². The fourth-order valence-electron chi connectivity index (χ4n) is 2.70. The van der Waals surface area contributed by atoms with Crippen LogP contribution in [0.1, 0.15) is 18.4 Å². The van der Waals surface area contributed by atoms with Crippen LogP contribution in [0.2, 0.25) is 0 Å². The summed E-state index contributed by atoms with van der Waals surface area (Å²) in [5, 5.41) is 3.21. The van der Waals surface area contributed by atoms with E-state index in [1.807, 2.05) is 30.3 Å². The molecule has 0 atom stereocenters. The molecule has 0 aromatic heterocycles. The molecule has 0 unspecified atom stereocenters. The quantitative estimate of drug-likeness (QED) is 0.357. The van der Waals surface area contributed by atoms with Gasteiger partial charge >= 0.3 is 0 Å². The molecule has 0 saturated carbocycles. The zero-order valence-electron chi connectivity index (χ0n) is 16.7. The number of carbonyl (C=O) groups excluding carboxylic acids is 1. The number of amides is 1. The number of fused-ring (bicyclic) bond motifs is 1. The van der Waals surface area contributed by atoms with Gasteiger partial charge in [0, 0.05) is 32.0 Å². The molecule has 0 spiro atoms. The third-order valence-corrected chi connectivity index (χ3v) is 5.99. The van der Waals surface area contributed by atoms with Gasteiger partial charge in [0.2, 0.25) is 15.9 Å². The normalized spacial score (nSPS) is 13.0. The summed E-state index contributed by atoms with van der Waals surface area (Å²) in [5.41, 5.74) is 6.06. The average molecular weight is 465 g/mol. The summed E-state index contributed by atoms with van der Waals surface area (Å²) in [4.78, 5) is 12.0. The van der Waals surface area contributed by atoms with E-state index in [1.165, 1.54) is 12.1 Å². The van der Waals surface area contributed by atoms with E-state index in [9.17, 15) is 13.2 Å². The molecule has 1 aliphatic rings. The molecular formula is C20H24N4O5S2.